The molecule has 3 rings (SSSR count). The number of fused-ring (bicyclic) bond motifs is 1. The number of hydrogen-bond donors (Lipinski definition) is 1. The zero-order valence-electron chi connectivity index (χ0n) is 12.8. The number of benzene rings is 1. The molecule has 0 radical (unpaired) electrons. The second-order valence-corrected chi connectivity index (χ2v) is 7.25. The summed E-state index contributed by atoms with van der Waals surface area (Å²) in [5.41, 5.74) is 0.452. The number of rotatable bonds is 3. The van der Waals surface area contributed by atoms with E-state index < -0.39 is 5.60 Å². The quantitative estimate of drug-likeness (QED) is 0.945. The van der Waals surface area contributed by atoms with Crippen LogP contribution in [0.15, 0.2) is 18.2 Å². The molecule has 2 heterocycles. The molecule has 0 spiro atoms. The Bertz CT molecular complexity index is 625. The Morgan fingerprint density at radius 2 is 2.05 bits per heavy atom. The van der Waals surface area contributed by atoms with Gasteiger partial charge in [0.25, 0.3) is 0 Å². The van der Waals surface area contributed by atoms with Gasteiger partial charge in [-0.1, -0.05) is 11.3 Å². The zero-order chi connectivity index (χ0) is 15.0. The lowest BCUT2D eigenvalue weighted by Crippen LogP contribution is -2.41. The summed E-state index contributed by atoms with van der Waals surface area (Å²) in [6, 6.07) is 6.00. The van der Waals surface area contributed by atoms with Crippen LogP contribution in [0.5, 0.6) is 5.75 Å². The van der Waals surface area contributed by atoms with Crippen molar-refractivity contribution in [1.82, 2.24) is 4.98 Å². The van der Waals surface area contributed by atoms with Gasteiger partial charge in [0.15, 0.2) is 5.13 Å². The van der Waals surface area contributed by atoms with Crippen molar-refractivity contribution in [1.29, 1.82) is 0 Å². The minimum Gasteiger partial charge on any atom is -0.497 e. The van der Waals surface area contributed by atoms with Crippen molar-refractivity contribution >= 4 is 26.7 Å². The normalized spacial score (nSPS) is 17.4. The van der Waals surface area contributed by atoms with Crippen molar-refractivity contribution in [2.75, 3.05) is 25.1 Å². The fraction of sp³-hybridized carbons (Fsp3) is 0.562. The van der Waals surface area contributed by atoms with Gasteiger partial charge in [-0.15, -0.1) is 0 Å². The van der Waals surface area contributed by atoms with Crippen LogP contribution >= 0.6 is 11.3 Å². The molecule has 1 aliphatic rings. The summed E-state index contributed by atoms with van der Waals surface area (Å²) in [6.07, 6.45) is 2.03. The number of piperidine rings is 1. The first-order valence-electron chi connectivity index (χ1n) is 7.39. The molecule has 0 atom stereocenters. The van der Waals surface area contributed by atoms with Gasteiger partial charge in [0.1, 0.15) is 5.75 Å². The Morgan fingerprint density at radius 1 is 1.33 bits per heavy atom. The second kappa shape index (κ2) is 5.46. The first kappa shape index (κ1) is 14.6. The summed E-state index contributed by atoms with van der Waals surface area (Å²) >= 11 is 1.71. The van der Waals surface area contributed by atoms with Crippen LogP contribution in [-0.4, -0.2) is 35.9 Å². The Balaban J connectivity index is 1.76. The Kier molecular flexibility index (Phi) is 3.80. The summed E-state index contributed by atoms with van der Waals surface area (Å²) in [5, 5.41) is 11.2. The van der Waals surface area contributed by atoms with Gasteiger partial charge in [0, 0.05) is 13.1 Å². The molecule has 114 valence electrons. The van der Waals surface area contributed by atoms with Gasteiger partial charge < -0.3 is 14.7 Å². The SMILES string of the molecule is COc1ccc2nc(N3CCC(C(C)(C)O)CC3)sc2c1. The topological polar surface area (TPSA) is 45.6 Å². The van der Waals surface area contributed by atoms with E-state index in [1.807, 2.05) is 32.0 Å². The largest absolute Gasteiger partial charge is 0.497 e. The molecule has 0 saturated carbocycles. The van der Waals surface area contributed by atoms with E-state index in [9.17, 15) is 5.11 Å². The summed E-state index contributed by atoms with van der Waals surface area (Å²) in [7, 11) is 1.69. The van der Waals surface area contributed by atoms with Crippen molar-refractivity contribution in [2.24, 2.45) is 5.92 Å². The molecule has 1 N–H and O–H groups in total. The van der Waals surface area contributed by atoms with Gasteiger partial charge in [-0.05, 0) is 50.8 Å². The molecule has 1 aliphatic heterocycles. The molecule has 0 bridgehead atoms. The molecule has 5 heteroatoms. The fourth-order valence-electron chi connectivity index (χ4n) is 2.93. The fourth-order valence-corrected chi connectivity index (χ4v) is 3.98. The molecule has 1 aromatic heterocycles. The number of aliphatic hydroxyl groups is 1. The predicted molar refractivity (Wildman–Crippen MR) is 87.4 cm³/mol. The van der Waals surface area contributed by atoms with Crippen LogP contribution in [0.1, 0.15) is 26.7 Å². The molecule has 1 fully saturated rings. The van der Waals surface area contributed by atoms with E-state index in [0.29, 0.717) is 5.92 Å². The molecular formula is C16H22N2O2S. The highest BCUT2D eigenvalue weighted by atomic mass is 32.1. The van der Waals surface area contributed by atoms with E-state index in [4.69, 9.17) is 9.72 Å². The second-order valence-electron chi connectivity index (χ2n) is 6.25. The van der Waals surface area contributed by atoms with Crippen molar-refractivity contribution in [3.05, 3.63) is 18.2 Å². The van der Waals surface area contributed by atoms with Gasteiger partial charge in [0.05, 0.1) is 22.9 Å². The van der Waals surface area contributed by atoms with Crippen LogP contribution in [-0.2, 0) is 0 Å². The molecule has 4 nitrogen and oxygen atoms in total. The standard InChI is InChI=1S/C16H22N2O2S/c1-16(2,19)11-6-8-18(9-7-11)15-17-13-5-4-12(20-3)10-14(13)21-15/h4-5,10-11,19H,6-9H2,1-3H3. The van der Waals surface area contributed by atoms with Gasteiger partial charge >= 0.3 is 0 Å². The zero-order valence-corrected chi connectivity index (χ0v) is 13.6. The maximum absolute atomic E-state index is 10.1. The van der Waals surface area contributed by atoms with E-state index in [1.165, 1.54) is 0 Å². The Labute approximate surface area is 129 Å². The van der Waals surface area contributed by atoms with E-state index in [0.717, 1.165) is 47.0 Å². The average Bonchev–Trinajstić information content (AvgIpc) is 2.89. The summed E-state index contributed by atoms with van der Waals surface area (Å²) in [4.78, 5) is 7.06. The Hall–Kier alpha value is -1.33. The molecule has 21 heavy (non-hydrogen) atoms. The first-order valence-corrected chi connectivity index (χ1v) is 8.21. The lowest BCUT2D eigenvalue weighted by atomic mass is 9.83. The van der Waals surface area contributed by atoms with Gasteiger partial charge in [-0.3, -0.25) is 0 Å². The van der Waals surface area contributed by atoms with Crippen molar-refractivity contribution in [3.63, 3.8) is 0 Å². The molecule has 0 aliphatic carbocycles. The third-order valence-corrected chi connectivity index (χ3v) is 5.43. The van der Waals surface area contributed by atoms with E-state index >= 15 is 0 Å². The van der Waals surface area contributed by atoms with Crippen LogP contribution < -0.4 is 9.64 Å². The van der Waals surface area contributed by atoms with Crippen molar-refractivity contribution < 1.29 is 9.84 Å². The number of anilines is 1. The number of aromatic nitrogens is 1. The number of ether oxygens (including phenoxy) is 1. The number of hydrogen-bond acceptors (Lipinski definition) is 5. The van der Waals surface area contributed by atoms with Crippen LogP contribution in [0.3, 0.4) is 0 Å². The molecule has 1 saturated heterocycles. The predicted octanol–water partition coefficient (Wildman–Crippen LogP) is 3.29. The van der Waals surface area contributed by atoms with E-state index in [2.05, 4.69) is 4.90 Å². The smallest absolute Gasteiger partial charge is 0.186 e. The van der Waals surface area contributed by atoms with Crippen LogP contribution in [0, 0.1) is 5.92 Å². The molecule has 0 unspecified atom stereocenters. The number of thiazole rings is 1. The third kappa shape index (κ3) is 2.99. The highest BCUT2D eigenvalue weighted by Gasteiger charge is 2.31. The average molecular weight is 306 g/mol. The van der Waals surface area contributed by atoms with Gasteiger partial charge in [0.2, 0.25) is 0 Å². The van der Waals surface area contributed by atoms with Gasteiger partial charge in [-0.2, -0.15) is 0 Å². The van der Waals surface area contributed by atoms with E-state index in [-0.39, 0.29) is 0 Å². The number of nitrogens with zero attached hydrogens (tertiary/aromatic N) is 2. The molecule has 2 aromatic rings. The maximum atomic E-state index is 10.1. The maximum Gasteiger partial charge on any atom is 0.186 e. The van der Waals surface area contributed by atoms with Crippen LogP contribution in [0.2, 0.25) is 0 Å². The van der Waals surface area contributed by atoms with Gasteiger partial charge in [-0.25, -0.2) is 4.98 Å². The van der Waals surface area contributed by atoms with Crippen molar-refractivity contribution in [3.8, 4) is 5.75 Å². The van der Waals surface area contributed by atoms with Crippen molar-refractivity contribution in [2.45, 2.75) is 32.3 Å². The lowest BCUT2D eigenvalue weighted by molar-refractivity contribution is 0.00651. The molecule has 1 aromatic carbocycles. The summed E-state index contributed by atoms with van der Waals surface area (Å²) < 4.78 is 6.43. The summed E-state index contributed by atoms with van der Waals surface area (Å²) in [5.74, 6) is 1.25. The van der Waals surface area contributed by atoms with E-state index in [1.54, 1.807) is 18.4 Å². The Morgan fingerprint density at radius 3 is 2.67 bits per heavy atom. The summed E-state index contributed by atoms with van der Waals surface area (Å²) in [6.45, 7) is 5.76. The minimum absolute atomic E-state index is 0.378. The first-order chi connectivity index (χ1) is 9.97. The highest BCUT2D eigenvalue weighted by molar-refractivity contribution is 7.22. The molecule has 0 amide bonds. The minimum atomic E-state index is -0.576. The monoisotopic (exact) mass is 306 g/mol. The molecular weight excluding hydrogens is 284 g/mol. The highest BCUT2D eigenvalue weighted by Crippen LogP contribution is 2.35. The lowest BCUT2D eigenvalue weighted by Gasteiger charge is -2.37. The third-order valence-electron chi connectivity index (χ3n) is 4.35. The number of methoxy groups -OCH3 is 1. The van der Waals surface area contributed by atoms with Crippen LogP contribution in [0.4, 0.5) is 5.13 Å². The van der Waals surface area contributed by atoms with Crippen LogP contribution in [0.25, 0.3) is 10.2 Å².